The van der Waals surface area contributed by atoms with E-state index in [2.05, 4.69) is 17.2 Å². The zero-order valence-electron chi connectivity index (χ0n) is 10.2. The van der Waals surface area contributed by atoms with Crippen molar-refractivity contribution in [3.63, 3.8) is 0 Å². The van der Waals surface area contributed by atoms with E-state index in [0.717, 1.165) is 28.4 Å². The fourth-order valence-corrected chi connectivity index (χ4v) is 3.85. The van der Waals surface area contributed by atoms with Crippen LogP contribution in [0.3, 0.4) is 0 Å². The zero-order chi connectivity index (χ0) is 13.0. The van der Waals surface area contributed by atoms with Crippen LogP contribution in [0.1, 0.15) is 26.5 Å². The van der Waals surface area contributed by atoms with Crippen molar-refractivity contribution in [1.29, 1.82) is 0 Å². The number of amides is 1. The highest BCUT2D eigenvalue weighted by Gasteiger charge is 2.19. The predicted octanol–water partition coefficient (Wildman–Crippen LogP) is 1.64. The smallest absolute Gasteiger partial charge is 0.261 e. The number of thioether (sulfide) groups is 1. The van der Waals surface area contributed by atoms with E-state index in [-0.39, 0.29) is 12.5 Å². The van der Waals surface area contributed by atoms with Gasteiger partial charge in [-0.05, 0) is 30.7 Å². The van der Waals surface area contributed by atoms with Gasteiger partial charge in [-0.15, -0.1) is 11.3 Å². The summed E-state index contributed by atoms with van der Waals surface area (Å²) >= 11 is 3.26. The minimum Gasteiger partial charge on any atom is -0.384 e. The highest BCUT2D eigenvalue weighted by atomic mass is 32.2. The van der Waals surface area contributed by atoms with E-state index in [0.29, 0.717) is 10.9 Å². The van der Waals surface area contributed by atoms with E-state index >= 15 is 0 Å². The van der Waals surface area contributed by atoms with Gasteiger partial charge in [-0.1, -0.05) is 11.8 Å². The van der Waals surface area contributed by atoms with E-state index in [4.69, 9.17) is 5.11 Å². The third-order valence-electron chi connectivity index (χ3n) is 2.69. The molecule has 1 amide bonds. The van der Waals surface area contributed by atoms with E-state index in [9.17, 15) is 4.79 Å². The molecule has 0 aliphatic carbocycles. The van der Waals surface area contributed by atoms with Crippen LogP contribution >= 0.6 is 23.1 Å². The number of carbonyl (C=O) groups excluding carboxylic acids is 1. The van der Waals surface area contributed by atoms with E-state index in [1.54, 1.807) is 0 Å². The van der Waals surface area contributed by atoms with Crippen molar-refractivity contribution < 1.29 is 9.90 Å². The summed E-state index contributed by atoms with van der Waals surface area (Å²) in [5.41, 5.74) is 0.992. The van der Waals surface area contributed by atoms with Crippen molar-refractivity contribution in [3.05, 3.63) is 21.4 Å². The molecule has 1 aromatic heterocycles. The Labute approximate surface area is 115 Å². The van der Waals surface area contributed by atoms with Gasteiger partial charge >= 0.3 is 0 Å². The lowest BCUT2D eigenvalue weighted by molar-refractivity contribution is 0.0945. The number of nitrogens with one attached hydrogen (secondary N) is 1. The molecule has 2 heterocycles. The van der Waals surface area contributed by atoms with Crippen molar-refractivity contribution in [2.24, 2.45) is 0 Å². The first-order chi connectivity index (χ1) is 8.70. The number of aliphatic hydroxyl groups is 1. The number of hydrogen-bond acceptors (Lipinski definition) is 4. The molecule has 5 heteroatoms. The Morgan fingerprint density at radius 1 is 1.67 bits per heavy atom. The molecule has 18 heavy (non-hydrogen) atoms. The van der Waals surface area contributed by atoms with Gasteiger partial charge in [0.15, 0.2) is 0 Å². The van der Waals surface area contributed by atoms with Gasteiger partial charge in [0.1, 0.15) is 6.61 Å². The van der Waals surface area contributed by atoms with E-state index in [1.165, 1.54) is 11.3 Å². The monoisotopic (exact) mass is 281 g/mol. The summed E-state index contributed by atoms with van der Waals surface area (Å²) in [7, 11) is 0. The quantitative estimate of drug-likeness (QED) is 0.810. The highest BCUT2D eigenvalue weighted by molar-refractivity contribution is 7.99. The standard InChI is InChI=1S/C13H15NO2S2/c1-9-7-12(18-11(9)3-2-5-15)13(16)14-10-4-6-17-8-10/h7,10,15H,4-6,8H2,1H3,(H,14,16). The summed E-state index contributed by atoms with van der Waals surface area (Å²) in [5.74, 6) is 7.60. The molecule has 1 unspecified atom stereocenters. The van der Waals surface area contributed by atoms with Crippen LogP contribution in [0.15, 0.2) is 6.07 Å². The molecule has 0 saturated carbocycles. The molecule has 2 rings (SSSR count). The van der Waals surface area contributed by atoms with Crippen LogP contribution in [-0.2, 0) is 0 Å². The third-order valence-corrected chi connectivity index (χ3v) is 5.00. The Bertz CT molecular complexity index is 493. The number of carbonyl (C=O) groups is 1. The average Bonchev–Trinajstić information content (AvgIpc) is 2.96. The maximum absolute atomic E-state index is 12.0. The van der Waals surface area contributed by atoms with Gasteiger partial charge < -0.3 is 10.4 Å². The van der Waals surface area contributed by atoms with Crippen LogP contribution in [0.25, 0.3) is 0 Å². The molecule has 0 aromatic carbocycles. The van der Waals surface area contributed by atoms with Gasteiger partial charge in [-0.3, -0.25) is 4.79 Å². The second-order valence-electron chi connectivity index (χ2n) is 4.12. The number of aryl methyl sites for hydroxylation is 1. The number of hydrogen-bond donors (Lipinski definition) is 2. The normalized spacial score (nSPS) is 18.2. The lowest BCUT2D eigenvalue weighted by atomic mass is 10.2. The number of aliphatic hydroxyl groups excluding tert-OH is 1. The molecular formula is C13H15NO2S2. The van der Waals surface area contributed by atoms with Crippen LogP contribution in [0.5, 0.6) is 0 Å². The molecule has 3 nitrogen and oxygen atoms in total. The largest absolute Gasteiger partial charge is 0.384 e. The minimum absolute atomic E-state index is 0.00681. The Morgan fingerprint density at radius 2 is 2.50 bits per heavy atom. The molecule has 2 N–H and O–H groups in total. The van der Waals surface area contributed by atoms with Crippen molar-refractivity contribution >= 4 is 29.0 Å². The minimum atomic E-state index is -0.155. The van der Waals surface area contributed by atoms with Crippen LogP contribution in [0, 0.1) is 18.8 Å². The van der Waals surface area contributed by atoms with Crippen molar-refractivity contribution in [3.8, 4) is 11.8 Å². The van der Waals surface area contributed by atoms with Crippen LogP contribution in [-0.4, -0.2) is 35.2 Å². The first-order valence-electron chi connectivity index (χ1n) is 5.79. The van der Waals surface area contributed by atoms with Gasteiger partial charge in [0.05, 0.1) is 9.75 Å². The maximum atomic E-state index is 12.0. The summed E-state index contributed by atoms with van der Waals surface area (Å²) in [6.07, 6.45) is 1.05. The van der Waals surface area contributed by atoms with Gasteiger partial charge in [0, 0.05) is 11.8 Å². The predicted molar refractivity (Wildman–Crippen MR) is 76.2 cm³/mol. The molecular weight excluding hydrogens is 266 g/mol. The molecule has 0 bridgehead atoms. The average molecular weight is 281 g/mol. The SMILES string of the molecule is Cc1cc(C(=O)NC2CCSC2)sc1C#CCO. The molecule has 1 fully saturated rings. The molecule has 1 saturated heterocycles. The highest BCUT2D eigenvalue weighted by Crippen LogP contribution is 2.22. The van der Waals surface area contributed by atoms with Gasteiger partial charge in [0.2, 0.25) is 0 Å². The Balaban J connectivity index is 2.06. The lowest BCUT2D eigenvalue weighted by Crippen LogP contribution is -2.34. The molecule has 1 atom stereocenters. The summed E-state index contributed by atoms with van der Waals surface area (Å²) < 4.78 is 0. The third kappa shape index (κ3) is 3.29. The molecule has 0 radical (unpaired) electrons. The Hall–Kier alpha value is -0.960. The lowest BCUT2D eigenvalue weighted by Gasteiger charge is -2.09. The Morgan fingerprint density at radius 3 is 3.17 bits per heavy atom. The van der Waals surface area contributed by atoms with Crippen molar-refractivity contribution in [1.82, 2.24) is 5.32 Å². The summed E-state index contributed by atoms with van der Waals surface area (Å²) in [5, 5.41) is 11.7. The fourth-order valence-electron chi connectivity index (χ4n) is 1.74. The van der Waals surface area contributed by atoms with Crippen molar-refractivity contribution in [2.75, 3.05) is 18.1 Å². The fraction of sp³-hybridized carbons (Fsp3) is 0.462. The van der Waals surface area contributed by atoms with Crippen molar-refractivity contribution in [2.45, 2.75) is 19.4 Å². The molecule has 1 aliphatic heterocycles. The molecule has 0 spiro atoms. The van der Waals surface area contributed by atoms with Gasteiger partial charge in [0.25, 0.3) is 5.91 Å². The van der Waals surface area contributed by atoms with E-state index in [1.807, 2.05) is 24.8 Å². The van der Waals surface area contributed by atoms with Gasteiger partial charge in [-0.25, -0.2) is 0 Å². The summed E-state index contributed by atoms with van der Waals surface area (Å²) in [4.78, 5) is 13.6. The van der Waals surface area contributed by atoms with Crippen LogP contribution in [0.4, 0.5) is 0 Å². The molecule has 1 aliphatic rings. The van der Waals surface area contributed by atoms with Gasteiger partial charge in [-0.2, -0.15) is 11.8 Å². The topological polar surface area (TPSA) is 49.3 Å². The first-order valence-corrected chi connectivity index (χ1v) is 7.76. The zero-order valence-corrected chi connectivity index (χ0v) is 11.8. The number of rotatable bonds is 2. The second kappa shape index (κ2) is 6.28. The number of thiophene rings is 1. The molecule has 1 aromatic rings. The van der Waals surface area contributed by atoms with Crippen LogP contribution in [0.2, 0.25) is 0 Å². The maximum Gasteiger partial charge on any atom is 0.261 e. The second-order valence-corrected chi connectivity index (χ2v) is 6.32. The Kier molecular flexibility index (Phi) is 4.70. The van der Waals surface area contributed by atoms with Crippen LogP contribution < -0.4 is 5.32 Å². The van der Waals surface area contributed by atoms with E-state index < -0.39 is 0 Å². The summed E-state index contributed by atoms with van der Waals surface area (Å²) in [6.45, 7) is 1.78. The summed E-state index contributed by atoms with van der Waals surface area (Å²) in [6, 6.07) is 2.17. The first kappa shape index (κ1) is 13.5. The molecule has 96 valence electrons.